The number of fused-ring (bicyclic) bond motifs is 1. The molecule has 4 nitrogen and oxygen atoms in total. The Bertz CT molecular complexity index is 868. The number of hydrogen-bond acceptors (Lipinski definition) is 4. The maximum Gasteiger partial charge on any atom is 0.251 e. The van der Waals surface area contributed by atoms with Gasteiger partial charge in [-0.25, -0.2) is 9.37 Å². The maximum atomic E-state index is 13.0. The minimum Gasteiger partial charge on any atom is -0.349 e. The minimum atomic E-state index is -0.329. The van der Waals surface area contributed by atoms with E-state index in [0.29, 0.717) is 5.56 Å². The zero-order valence-corrected chi connectivity index (χ0v) is 15.1. The average molecular weight is 369 g/mol. The Hall–Kier alpha value is -2.31. The predicted molar refractivity (Wildman–Crippen MR) is 102 cm³/mol. The van der Waals surface area contributed by atoms with Crippen LogP contribution in [0.5, 0.6) is 0 Å². The Labute approximate surface area is 155 Å². The van der Waals surface area contributed by atoms with Crippen LogP contribution in [0.1, 0.15) is 28.2 Å². The number of halogens is 1. The highest BCUT2D eigenvalue weighted by Crippen LogP contribution is 2.23. The number of nitrogens with one attached hydrogen (secondary N) is 1. The number of nitrogens with zero attached hydrogens (tertiary/aromatic N) is 2. The molecule has 0 saturated carbocycles. The molecule has 1 amide bonds. The highest BCUT2D eigenvalue weighted by Gasteiger charge is 2.22. The van der Waals surface area contributed by atoms with Crippen molar-refractivity contribution in [1.82, 2.24) is 15.2 Å². The number of hydrogen-bond donors (Lipinski definition) is 1. The van der Waals surface area contributed by atoms with E-state index in [0.717, 1.165) is 43.0 Å². The van der Waals surface area contributed by atoms with E-state index in [2.05, 4.69) is 16.3 Å². The maximum absolute atomic E-state index is 13.0. The number of piperidine rings is 1. The molecule has 1 aliphatic heterocycles. The smallest absolute Gasteiger partial charge is 0.251 e. The molecule has 0 aliphatic carbocycles. The molecular formula is C20H20FN3OS. The fraction of sp³-hybridized carbons (Fsp3) is 0.300. The van der Waals surface area contributed by atoms with Gasteiger partial charge in [0.05, 0.1) is 16.8 Å². The largest absolute Gasteiger partial charge is 0.349 e. The van der Waals surface area contributed by atoms with E-state index in [1.54, 1.807) is 11.3 Å². The lowest BCUT2D eigenvalue weighted by molar-refractivity contribution is 0.0909. The number of rotatable bonds is 4. The van der Waals surface area contributed by atoms with Gasteiger partial charge < -0.3 is 5.32 Å². The van der Waals surface area contributed by atoms with E-state index < -0.39 is 0 Å². The SMILES string of the molecule is O=C(NC1CCN(Cc2nc3ccccc3s2)CC1)c1ccc(F)cc1. The number of thiazole rings is 1. The molecule has 0 spiro atoms. The van der Waals surface area contributed by atoms with Crippen LogP contribution in [-0.4, -0.2) is 34.9 Å². The second-order valence-corrected chi connectivity index (χ2v) is 7.72. The van der Waals surface area contributed by atoms with Gasteiger partial charge >= 0.3 is 0 Å². The molecule has 1 saturated heterocycles. The zero-order valence-electron chi connectivity index (χ0n) is 14.3. The summed E-state index contributed by atoms with van der Waals surface area (Å²) >= 11 is 1.75. The topological polar surface area (TPSA) is 45.2 Å². The van der Waals surface area contributed by atoms with E-state index in [1.807, 2.05) is 18.2 Å². The molecule has 6 heteroatoms. The lowest BCUT2D eigenvalue weighted by atomic mass is 10.0. The first-order valence-corrected chi connectivity index (χ1v) is 9.62. The Balaban J connectivity index is 1.29. The number of aromatic nitrogens is 1. The van der Waals surface area contributed by atoms with Gasteiger partial charge in [-0.2, -0.15) is 0 Å². The molecule has 0 unspecified atom stereocenters. The molecule has 3 aromatic rings. The minimum absolute atomic E-state index is 0.130. The number of carbonyl (C=O) groups excluding carboxylic acids is 1. The van der Waals surface area contributed by atoms with E-state index in [4.69, 9.17) is 4.98 Å². The van der Waals surface area contributed by atoms with E-state index in [1.165, 1.54) is 29.0 Å². The molecule has 1 N–H and O–H groups in total. The van der Waals surface area contributed by atoms with Crippen molar-refractivity contribution in [2.24, 2.45) is 0 Å². The monoisotopic (exact) mass is 369 g/mol. The highest BCUT2D eigenvalue weighted by molar-refractivity contribution is 7.18. The number of amides is 1. The molecule has 134 valence electrons. The summed E-state index contributed by atoms with van der Waals surface area (Å²) in [5, 5.41) is 4.20. The normalized spacial score (nSPS) is 16.0. The van der Waals surface area contributed by atoms with Crippen LogP contribution >= 0.6 is 11.3 Å². The molecule has 1 aromatic heterocycles. The highest BCUT2D eigenvalue weighted by atomic mass is 32.1. The molecule has 0 atom stereocenters. The summed E-state index contributed by atoms with van der Waals surface area (Å²) in [5.41, 5.74) is 1.57. The van der Waals surface area contributed by atoms with Gasteiger partial charge in [-0.15, -0.1) is 11.3 Å². The van der Waals surface area contributed by atoms with Crippen molar-refractivity contribution in [1.29, 1.82) is 0 Å². The van der Waals surface area contributed by atoms with Gasteiger partial charge in [0.15, 0.2) is 0 Å². The third-order valence-corrected chi connectivity index (χ3v) is 5.75. The quantitative estimate of drug-likeness (QED) is 0.760. The average Bonchev–Trinajstić information content (AvgIpc) is 3.06. The third-order valence-electron chi connectivity index (χ3n) is 4.73. The van der Waals surface area contributed by atoms with Crippen molar-refractivity contribution in [2.75, 3.05) is 13.1 Å². The fourth-order valence-corrected chi connectivity index (χ4v) is 4.29. The summed E-state index contributed by atoms with van der Waals surface area (Å²) < 4.78 is 14.2. The molecule has 0 radical (unpaired) electrons. The lowest BCUT2D eigenvalue weighted by Crippen LogP contribution is -2.44. The fourth-order valence-electron chi connectivity index (χ4n) is 3.28. The van der Waals surface area contributed by atoms with Gasteiger partial charge in [-0.3, -0.25) is 9.69 Å². The number of benzene rings is 2. The second kappa shape index (κ2) is 7.51. The second-order valence-electron chi connectivity index (χ2n) is 6.61. The van der Waals surface area contributed by atoms with Gasteiger partial charge in [0, 0.05) is 24.7 Å². The zero-order chi connectivity index (χ0) is 17.9. The summed E-state index contributed by atoms with van der Waals surface area (Å²) in [4.78, 5) is 19.3. The van der Waals surface area contributed by atoms with Crippen LogP contribution in [0.3, 0.4) is 0 Å². The molecule has 2 aromatic carbocycles. The van der Waals surface area contributed by atoms with E-state index in [-0.39, 0.29) is 17.8 Å². The van der Waals surface area contributed by atoms with Crippen molar-refractivity contribution in [3.8, 4) is 0 Å². The Kier molecular flexibility index (Phi) is 4.95. The van der Waals surface area contributed by atoms with Gasteiger partial charge in [0.1, 0.15) is 10.8 Å². The van der Waals surface area contributed by atoms with Gasteiger partial charge in [0.2, 0.25) is 0 Å². The molecule has 2 heterocycles. The standard InChI is InChI=1S/C20H20FN3OS/c21-15-7-5-14(6-8-15)20(25)22-16-9-11-24(12-10-16)13-19-23-17-3-1-2-4-18(17)26-19/h1-8,16H,9-13H2,(H,22,25). The number of para-hydroxylation sites is 1. The molecular weight excluding hydrogens is 349 g/mol. The first-order valence-electron chi connectivity index (χ1n) is 8.80. The number of likely N-dealkylation sites (tertiary alicyclic amines) is 1. The third kappa shape index (κ3) is 3.92. The molecule has 1 fully saturated rings. The van der Waals surface area contributed by atoms with Crippen molar-refractivity contribution in [3.05, 3.63) is 64.9 Å². The first kappa shape index (κ1) is 17.1. The van der Waals surface area contributed by atoms with Crippen LogP contribution in [0.25, 0.3) is 10.2 Å². The van der Waals surface area contributed by atoms with Crippen LogP contribution in [0.2, 0.25) is 0 Å². The van der Waals surface area contributed by atoms with Crippen molar-refractivity contribution >= 4 is 27.5 Å². The van der Waals surface area contributed by atoms with Gasteiger partial charge in [0.25, 0.3) is 5.91 Å². The van der Waals surface area contributed by atoms with Gasteiger partial charge in [-0.1, -0.05) is 12.1 Å². The van der Waals surface area contributed by atoms with E-state index in [9.17, 15) is 9.18 Å². The summed E-state index contributed by atoms with van der Waals surface area (Å²) in [6.07, 6.45) is 1.83. The summed E-state index contributed by atoms with van der Waals surface area (Å²) in [6, 6.07) is 14.0. The first-order chi connectivity index (χ1) is 12.7. The van der Waals surface area contributed by atoms with E-state index >= 15 is 0 Å². The molecule has 0 bridgehead atoms. The molecule has 4 rings (SSSR count). The molecule has 26 heavy (non-hydrogen) atoms. The van der Waals surface area contributed by atoms with Crippen LogP contribution in [-0.2, 0) is 6.54 Å². The Morgan fingerprint density at radius 3 is 2.62 bits per heavy atom. The van der Waals surface area contributed by atoms with Crippen LogP contribution < -0.4 is 5.32 Å². The van der Waals surface area contributed by atoms with Crippen molar-refractivity contribution < 1.29 is 9.18 Å². The summed E-state index contributed by atoms with van der Waals surface area (Å²) in [7, 11) is 0. The van der Waals surface area contributed by atoms with Gasteiger partial charge in [-0.05, 0) is 49.2 Å². The predicted octanol–water partition coefficient (Wildman–Crippen LogP) is 3.83. The van der Waals surface area contributed by atoms with Crippen molar-refractivity contribution in [3.63, 3.8) is 0 Å². The molecule has 1 aliphatic rings. The Morgan fingerprint density at radius 1 is 1.15 bits per heavy atom. The van der Waals surface area contributed by atoms with Crippen LogP contribution in [0, 0.1) is 5.82 Å². The Morgan fingerprint density at radius 2 is 1.88 bits per heavy atom. The summed E-state index contributed by atoms with van der Waals surface area (Å²) in [5.74, 6) is -0.459. The summed E-state index contributed by atoms with van der Waals surface area (Å²) in [6.45, 7) is 2.73. The van der Waals surface area contributed by atoms with Crippen LogP contribution in [0.4, 0.5) is 4.39 Å². The number of carbonyl (C=O) groups is 1. The lowest BCUT2D eigenvalue weighted by Gasteiger charge is -2.31. The van der Waals surface area contributed by atoms with Crippen molar-refractivity contribution in [2.45, 2.75) is 25.4 Å². The van der Waals surface area contributed by atoms with Crippen LogP contribution in [0.15, 0.2) is 48.5 Å².